The van der Waals surface area contributed by atoms with E-state index >= 15 is 0 Å². The Balaban J connectivity index is 1.97. The Morgan fingerprint density at radius 1 is 1.10 bits per heavy atom. The number of anilines is 1. The molecule has 2 aromatic rings. The van der Waals surface area contributed by atoms with Crippen LogP contribution in [0.15, 0.2) is 42.6 Å². The van der Waals surface area contributed by atoms with Crippen LogP contribution >= 0.6 is 0 Å². The Morgan fingerprint density at radius 3 is 2.75 bits per heavy atom. The molecule has 20 heavy (non-hydrogen) atoms. The molecule has 0 aliphatic carbocycles. The van der Waals surface area contributed by atoms with E-state index in [1.807, 2.05) is 43.3 Å². The van der Waals surface area contributed by atoms with Gasteiger partial charge in [0.2, 0.25) is 0 Å². The number of benzene rings is 1. The molecule has 106 valence electrons. The molecular weight excluding hydrogens is 252 g/mol. The van der Waals surface area contributed by atoms with Gasteiger partial charge in [-0.2, -0.15) is 0 Å². The minimum atomic E-state index is 0.525. The fourth-order valence-electron chi connectivity index (χ4n) is 1.90. The first kappa shape index (κ1) is 14.3. The maximum atomic E-state index is 5.80. The van der Waals surface area contributed by atoms with E-state index in [9.17, 15) is 0 Å². The van der Waals surface area contributed by atoms with Crippen LogP contribution in [0.25, 0.3) is 0 Å². The van der Waals surface area contributed by atoms with Crippen LogP contribution < -0.4 is 10.1 Å². The van der Waals surface area contributed by atoms with Crippen molar-refractivity contribution in [2.24, 2.45) is 0 Å². The van der Waals surface area contributed by atoms with E-state index in [4.69, 9.17) is 9.47 Å². The molecule has 1 N–H and O–H groups in total. The van der Waals surface area contributed by atoms with Gasteiger partial charge in [-0.1, -0.05) is 12.1 Å². The van der Waals surface area contributed by atoms with Crippen LogP contribution in [0, 0.1) is 0 Å². The molecule has 0 fully saturated rings. The number of hydrogen-bond acceptors (Lipinski definition) is 4. The quantitative estimate of drug-likeness (QED) is 0.840. The Labute approximate surface area is 119 Å². The van der Waals surface area contributed by atoms with Crippen LogP contribution in [0.5, 0.6) is 5.75 Å². The third-order valence-electron chi connectivity index (χ3n) is 2.80. The first-order valence-electron chi connectivity index (χ1n) is 6.71. The van der Waals surface area contributed by atoms with Crippen molar-refractivity contribution in [2.45, 2.75) is 20.1 Å². The fraction of sp³-hybridized carbons (Fsp3) is 0.312. The number of rotatable bonds is 7. The smallest absolute Gasteiger partial charge is 0.126 e. The van der Waals surface area contributed by atoms with E-state index in [0.717, 1.165) is 29.2 Å². The van der Waals surface area contributed by atoms with Gasteiger partial charge in [-0.25, -0.2) is 4.98 Å². The highest BCUT2D eigenvalue weighted by Crippen LogP contribution is 2.16. The first-order chi connectivity index (χ1) is 9.81. The van der Waals surface area contributed by atoms with Crippen LogP contribution in [0.4, 0.5) is 5.82 Å². The zero-order valence-electron chi connectivity index (χ0n) is 11.9. The second-order valence-corrected chi connectivity index (χ2v) is 4.45. The Morgan fingerprint density at radius 2 is 1.95 bits per heavy atom. The molecule has 0 aliphatic rings. The number of pyridine rings is 1. The summed E-state index contributed by atoms with van der Waals surface area (Å²) in [4.78, 5) is 4.24. The highest BCUT2D eigenvalue weighted by Gasteiger charge is 2.00. The van der Waals surface area contributed by atoms with Crippen molar-refractivity contribution >= 4 is 5.82 Å². The molecule has 1 heterocycles. The van der Waals surface area contributed by atoms with Gasteiger partial charge in [0.05, 0.1) is 6.61 Å². The molecule has 1 aromatic carbocycles. The van der Waals surface area contributed by atoms with Gasteiger partial charge in [-0.3, -0.25) is 0 Å². The van der Waals surface area contributed by atoms with Crippen molar-refractivity contribution in [3.63, 3.8) is 0 Å². The standard InChI is InChI=1S/C16H20N2O2/c1-3-17-16-10-14(7-8-18-16)12-20-15-6-4-5-13(9-15)11-19-2/h4-10H,3,11-12H2,1-2H3,(H,17,18). The molecule has 0 bridgehead atoms. The molecule has 0 amide bonds. The van der Waals surface area contributed by atoms with E-state index in [2.05, 4.69) is 10.3 Å². The van der Waals surface area contributed by atoms with Crippen molar-refractivity contribution in [1.82, 2.24) is 4.98 Å². The number of nitrogens with zero attached hydrogens (tertiary/aromatic N) is 1. The third-order valence-corrected chi connectivity index (χ3v) is 2.80. The first-order valence-corrected chi connectivity index (χ1v) is 6.71. The van der Waals surface area contributed by atoms with E-state index in [-0.39, 0.29) is 0 Å². The van der Waals surface area contributed by atoms with Crippen molar-refractivity contribution in [1.29, 1.82) is 0 Å². The summed E-state index contributed by atoms with van der Waals surface area (Å²) in [5, 5.41) is 3.19. The Kier molecular flexibility index (Phi) is 5.38. The zero-order valence-corrected chi connectivity index (χ0v) is 11.9. The van der Waals surface area contributed by atoms with Crippen LogP contribution in [0.1, 0.15) is 18.1 Å². The van der Waals surface area contributed by atoms with Crippen LogP contribution in [0.2, 0.25) is 0 Å². The molecule has 2 rings (SSSR count). The summed E-state index contributed by atoms with van der Waals surface area (Å²) in [6, 6.07) is 11.9. The summed E-state index contributed by atoms with van der Waals surface area (Å²) in [6.45, 7) is 4.02. The lowest BCUT2D eigenvalue weighted by Crippen LogP contribution is -2.01. The lowest BCUT2D eigenvalue weighted by molar-refractivity contribution is 0.184. The van der Waals surface area contributed by atoms with Crippen LogP contribution in [-0.2, 0) is 18.0 Å². The molecule has 4 nitrogen and oxygen atoms in total. The monoisotopic (exact) mass is 272 g/mol. The summed E-state index contributed by atoms with van der Waals surface area (Å²) in [6.07, 6.45) is 1.79. The highest BCUT2D eigenvalue weighted by molar-refractivity contribution is 5.37. The molecule has 0 radical (unpaired) electrons. The molecule has 1 aromatic heterocycles. The predicted molar refractivity (Wildman–Crippen MR) is 79.9 cm³/mol. The maximum Gasteiger partial charge on any atom is 0.126 e. The second kappa shape index (κ2) is 7.50. The second-order valence-electron chi connectivity index (χ2n) is 4.45. The van der Waals surface area contributed by atoms with E-state index < -0.39 is 0 Å². The topological polar surface area (TPSA) is 43.4 Å². The van der Waals surface area contributed by atoms with Crippen LogP contribution in [-0.4, -0.2) is 18.6 Å². The third kappa shape index (κ3) is 4.24. The number of aromatic nitrogens is 1. The lowest BCUT2D eigenvalue weighted by Gasteiger charge is -2.09. The minimum Gasteiger partial charge on any atom is -0.489 e. The van der Waals surface area contributed by atoms with Gasteiger partial charge >= 0.3 is 0 Å². The predicted octanol–water partition coefficient (Wildman–Crippen LogP) is 3.24. The van der Waals surface area contributed by atoms with Gasteiger partial charge in [-0.15, -0.1) is 0 Å². The van der Waals surface area contributed by atoms with E-state index in [1.54, 1.807) is 13.3 Å². The lowest BCUT2D eigenvalue weighted by atomic mass is 10.2. The van der Waals surface area contributed by atoms with Gasteiger partial charge in [-0.05, 0) is 42.3 Å². The Hall–Kier alpha value is -2.07. The highest BCUT2D eigenvalue weighted by atomic mass is 16.5. The molecule has 0 saturated carbocycles. The van der Waals surface area contributed by atoms with E-state index in [0.29, 0.717) is 13.2 Å². The van der Waals surface area contributed by atoms with Gasteiger partial charge in [0.15, 0.2) is 0 Å². The molecule has 0 spiro atoms. The molecular formula is C16H20N2O2. The normalized spacial score (nSPS) is 10.3. The summed E-state index contributed by atoms with van der Waals surface area (Å²) < 4.78 is 10.9. The molecule has 0 unspecified atom stereocenters. The Bertz CT molecular complexity index is 494. The van der Waals surface area contributed by atoms with E-state index in [1.165, 1.54) is 0 Å². The molecule has 4 heteroatoms. The summed E-state index contributed by atoms with van der Waals surface area (Å²) in [7, 11) is 1.69. The van der Waals surface area contributed by atoms with Crippen molar-refractivity contribution in [3.05, 3.63) is 53.7 Å². The minimum absolute atomic E-state index is 0.525. The van der Waals surface area contributed by atoms with Gasteiger partial charge in [0.25, 0.3) is 0 Å². The number of methoxy groups -OCH3 is 1. The fourth-order valence-corrected chi connectivity index (χ4v) is 1.90. The molecule has 0 aliphatic heterocycles. The molecule has 0 atom stereocenters. The van der Waals surface area contributed by atoms with Crippen molar-refractivity contribution in [3.8, 4) is 5.75 Å². The average molecular weight is 272 g/mol. The summed E-state index contributed by atoms with van der Waals surface area (Å²) in [5.41, 5.74) is 2.20. The summed E-state index contributed by atoms with van der Waals surface area (Å²) in [5.74, 6) is 1.73. The average Bonchev–Trinajstić information content (AvgIpc) is 2.47. The molecule has 0 saturated heterocycles. The number of nitrogens with one attached hydrogen (secondary N) is 1. The van der Waals surface area contributed by atoms with Gasteiger partial charge in [0, 0.05) is 19.9 Å². The van der Waals surface area contributed by atoms with Gasteiger partial charge < -0.3 is 14.8 Å². The van der Waals surface area contributed by atoms with Gasteiger partial charge in [0.1, 0.15) is 18.2 Å². The number of hydrogen-bond donors (Lipinski definition) is 1. The zero-order chi connectivity index (χ0) is 14.2. The maximum absolute atomic E-state index is 5.80. The number of ether oxygens (including phenoxy) is 2. The largest absolute Gasteiger partial charge is 0.489 e. The van der Waals surface area contributed by atoms with Crippen LogP contribution in [0.3, 0.4) is 0 Å². The SMILES string of the molecule is CCNc1cc(COc2cccc(COC)c2)ccn1. The summed E-state index contributed by atoms with van der Waals surface area (Å²) >= 11 is 0. The van der Waals surface area contributed by atoms with Crippen molar-refractivity contribution < 1.29 is 9.47 Å². The van der Waals surface area contributed by atoms with Crippen molar-refractivity contribution in [2.75, 3.05) is 19.0 Å².